The highest BCUT2D eigenvalue weighted by atomic mass is 79.9. The molecule has 3 nitrogen and oxygen atoms in total. The normalized spacial score (nSPS) is 10.4. The smallest absolute Gasteiger partial charge is 0.339 e. The third-order valence-corrected chi connectivity index (χ3v) is 3.16. The van der Waals surface area contributed by atoms with Crippen LogP contribution in [0.3, 0.4) is 0 Å². The fraction of sp³-hybridized carbons (Fsp3) is 0.0833. The molecule has 82 valence electrons. The van der Waals surface area contributed by atoms with Gasteiger partial charge in [0.2, 0.25) is 0 Å². The minimum absolute atomic E-state index is 0.0269. The van der Waals surface area contributed by atoms with Crippen LogP contribution in [0, 0.1) is 0 Å². The van der Waals surface area contributed by atoms with Gasteiger partial charge in [0, 0.05) is 0 Å². The lowest BCUT2D eigenvalue weighted by molar-refractivity contribution is 0.0601. The van der Waals surface area contributed by atoms with Gasteiger partial charge in [0.15, 0.2) is 0 Å². The van der Waals surface area contributed by atoms with Crippen LogP contribution in [0.4, 0.5) is 0 Å². The highest BCUT2D eigenvalue weighted by molar-refractivity contribution is 9.10. The van der Waals surface area contributed by atoms with E-state index in [1.165, 1.54) is 7.11 Å². The lowest BCUT2D eigenvalue weighted by atomic mass is 10.0. The summed E-state index contributed by atoms with van der Waals surface area (Å²) in [6.45, 7) is 0. The second-order valence-corrected chi connectivity index (χ2v) is 4.09. The average Bonchev–Trinajstić information content (AvgIpc) is 2.30. The molecule has 16 heavy (non-hydrogen) atoms. The Balaban J connectivity index is 2.87. The summed E-state index contributed by atoms with van der Waals surface area (Å²) in [7, 11) is 1.31. The topological polar surface area (TPSA) is 46.5 Å². The van der Waals surface area contributed by atoms with Crippen molar-refractivity contribution >= 4 is 32.7 Å². The van der Waals surface area contributed by atoms with Gasteiger partial charge >= 0.3 is 5.97 Å². The summed E-state index contributed by atoms with van der Waals surface area (Å²) in [5.74, 6) is -0.446. The van der Waals surface area contributed by atoms with Gasteiger partial charge in [-0.15, -0.1) is 0 Å². The number of rotatable bonds is 1. The average molecular weight is 281 g/mol. The molecule has 0 amide bonds. The second kappa shape index (κ2) is 4.14. The van der Waals surface area contributed by atoms with E-state index in [4.69, 9.17) is 4.74 Å². The van der Waals surface area contributed by atoms with Crippen LogP contribution >= 0.6 is 15.9 Å². The third kappa shape index (κ3) is 1.65. The van der Waals surface area contributed by atoms with Gasteiger partial charge in [-0.1, -0.05) is 24.3 Å². The first kappa shape index (κ1) is 11.0. The lowest BCUT2D eigenvalue weighted by Gasteiger charge is -2.08. The highest BCUT2D eigenvalue weighted by Crippen LogP contribution is 2.34. The first-order valence-corrected chi connectivity index (χ1v) is 5.43. The van der Waals surface area contributed by atoms with Gasteiger partial charge in [-0.05, 0) is 32.8 Å². The fourth-order valence-corrected chi connectivity index (χ4v) is 2.10. The summed E-state index contributed by atoms with van der Waals surface area (Å²) in [6, 6.07) is 8.92. The number of aromatic hydroxyl groups is 1. The molecular weight excluding hydrogens is 272 g/mol. The molecular formula is C12H9BrO3. The molecule has 2 aromatic carbocycles. The molecule has 2 aromatic rings. The predicted molar refractivity (Wildman–Crippen MR) is 64.7 cm³/mol. The number of benzene rings is 2. The van der Waals surface area contributed by atoms with Crippen LogP contribution in [0.25, 0.3) is 10.8 Å². The third-order valence-electron chi connectivity index (χ3n) is 2.36. The molecule has 0 aliphatic rings. The van der Waals surface area contributed by atoms with E-state index in [1.807, 2.05) is 24.3 Å². The number of methoxy groups -OCH3 is 1. The molecule has 0 heterocycles. The number of carbonyl (C=O) groups is 1. The Morgan fingerprint density at radius 3 is 2.75 bits per heavy atom. The van der Waals surface area contributed by atoms with E-state index in [9.17, 15) is 9.90 Å². The molecule has 0 atom stereocenters. The van der Waals surface area contributed by atoms with Crippen molar-refractivity contribution in [2.24, 2.45) is 0 Å². The van der Waals surface area contributed by atoms with E-state index in [0.29, 0.717) is 10.0 Å². The SMILES string of the molecule is COC(=O)c1c(Br)c(O)cc2ccccc12. The molecule has 4 heteroatoms. The van der Waals surface area contributed by atoms with Crippen molar-refractivity contribution < 1.29 is 14.6 Å². The van der Waals surface area contributed by atoms with Crippen LogP contribution in [-0.2, 0) is 4.74 Å². The van der Waals surface area contributed by atoms with Gasteiger partial charge in [0.25, 0.3) is 0 Å². The van der Waals surface area contributed by atoms with E-state index in [2.05, 4.69) is 15.9 Å². The maximum atomic E-state index is 11.6. The van der Waals surface area contributed by atoms with Crippen molar-refractivity contribution in [3.63, 3.8) is 0 Å². The summed E-state index contributed by atoms with van der Waals surface area (Å²) >= 11 is 3.19. The Kier molecular flexibility index (Phi) is 2.83. The first-order chi connectivity index (χ1) is 7.65. The van der Waals surface area contributed by atoms with E-state index in [-0.39, 0.29) is 5.75 Å². The van der Waals surface area contributed by atoms with Gasteiger partial charge in [0.05, 0.1) is 17.1 Å². The van der Waals surface area contributed by atoms with Crippen LogP contribution in [0.2, 0.25) is 0 Å². The summed E-state index contributed by atoms with van der Waals surface area (Å²) in [5.41, 5.74) is 0.345. The van der Waals surface area contributed by atoms with Crippen LogP contribution in [0.15, 0.2) is 34.8 Å². The maximum absolute atomic E-state index is 11.6. The van der Waals surface area contributed by atoms with Crippen LogP contribution in [0.1, 0.15) is 10.4 Å². The number of phenols is 1. The van der Waals surface area contributed by atoms with Gasteiger partial charge in [-0.2, -0.15) is 0 Å². The largest absolute Gasteiger partial charge is 0.507 e. The van der Waals surface area contributed by atoms with Gasteiger partial charge in [0.1, 0.15) is 5.75 Å². The molecule has 0 spiro atoms. The number of ether oxygens (including phenoxy) is 1. The van der Waals surface area contributed by atoms with Gasteiger partial charge < -0.3 is 9.84 Å². The van der Waals surface area contributed by atoms with Crippen LogP contribution < -0.4 is 0 Å². The number of halogens is 1. The zero-order valence-corrected chi connectivity index (χ0v) is 10.1. The van der Waals surface area contributed by atoms with E-state index in [1.54, 1.807) is 6.07 Å². The number of carbonyl (C=O) groups excluding carboxylic acids is 1. The molecule has 0 bridgehead atoms. The highest BCUT2D eigenvalue weighted by Gasteiger charge is 2.17. The van der Waals surface area contributed by atoms with Crippen molar-refractivity contribution in [3.8, 4) is 5.75 Å². The summed E-state index contributed by atoms with van der Waals surface area (Å²) in [4.78, 5) is 11.6. The second-order valence-electron chi connectivity index (χ2n) is 3.30. The number of hydrogen-bond donors (Lipinski definition) is 1. The van der Waals surface area contributed by atoms with Gasteiger partial charge in [-0.25, -0.2) is 4.79 Å². The molecule has 0 saturated carbocycles. The molecule has 0 aromatic heterocycles. The van der Waals surface area contributed by atoms with Crippen molar-refractivity contribution in [1.29, 1.82) is 0 Å². The molecule has 0 fully saturated rings. The monoisotopic (exact) mass is 280 g/mol. The number of fused-ring (bicyclic) bond motifs is 1. The summed E-state index contributed by atoms with van der Waals surface area (Å²) in [5, 5.41) is 11.2. The van der Waals surface area contributed by atoms with Crippen molar-refractivity contribution in [2.75, 3.05) is 7.11 Å². The first-order valence-electron chi connectivity index (χ1n) is 4.63. The zero-order chi connectivity index (χ0) is 11.7. The Morgan fingerprint density at radius 2 is 2.06 bits per heavy atom. The molecule has 0 aliphatic carbocycles. The Morgan fingerprint density at radius 1 is 1.38 bits per heavy atom. The molecule has 0 unspecified atom stereocenters. The quantitative estimate of drug-likeness (QED) is 0.817. The lowest BCUT2D eigenvalue weighted by Crippen LogP contribution is -2.03. The minimum atomic E-state index is -0.473. The minimum Gasteiger partial charge on any atom is -0.507 e. The number of hydrogen-bond acceptors (Lipinski definition) is 3. The predicted octanol–water partition coefficient (Wildman–Crippen LogP) is 3.09. The fourth-order valence-electron chi connectivity index (χ4n) is 1.61. The molecule has 2 rings (SSSR count). The molecule has 0 saturated heterocycles. The molecule has 0 radical (unpaired) electrons. The van der Waals surface area contributed by atoms with E-state index < -0.39 is 5.97 Å². The van der Waals surface area contributed by atoms with Crippen LogP contribution in [-0.4, -0.2) is 18.2 Å². The van der Waals surface area contributed by atoms with Crippen molar-refractivity contribution in [2.45, 2.75) is 0 Å². The van der Waals surface area contributed by atoms with Gasteiger partial charge in [-0.3, -0.25) is 0 Å². The number of esters is 1. The standard InChI is InChI=1S/C12H9BrO3/c1-16-12(15)10-8-5-3-2-4-7(8)6-9(14)11(10)13/h2-6,14H,1H3. The molecule has 1 N–H and O–H groups in total. The number of phenolic OH excluding ortho intramolecular Hbond substituents is 1. The maximum Gasteiger partial charge on any atom is 0.339 e. The summed E-state index contributed by atoms with van der Waals surface area (Å²) in [6.07, 6.45) is 0. The van der Waals surface area contributed by atoms with Crippen molar-refractivity contribution in [3.05, 3.63) is 40.4 Å². The van der Waals surface area contributed by atoms with Crippen molar-refractivity contribution in [1.82, 2.24) is 0 Å². The Bertz CT molecular complexity index is 563. The van der Waals surface area contributed by atoms with E-state index in [0.717, 1.165) is 10.8 Å². The Hall–Kier alpha value is -1.55. The van der Waals surface area contributed by atoms with E-state index >= 15 is 0 Å². The molecule has 0 aliphatic heterocycles. The summed E-state index contributed by atoms with van der Waals surface area (Å²) < 4.78 is 5.06. The van der Waals surface area contributed by atoms with Crippen LogP contribution in [0.5, 0.6) is 5.75 Å². The Labute approximate surface area is 101 Å². The zero-order valence-electron chi connectivity index (χ0n) is 8.53.